The quantitative estimate of drug-likeness (QED) is 0.582. The topological polar surface area (TPSA) is 81.1 Å². The third-order valence-corrected chi connectivity index (χ3v) is 2.99. The molecule has 0 saturated heterocycles. The normalized spacial score (nSPS) is 26.3. The van der Waals surface area contributed by atoms with Crippen LogP contribution in [-0.4, -0.2) is 24.5 Å². The second-order valence-electron chi connectivity index (χ2n) is 4.42. The summed E-state index contributed by atoms with van der Waals surface area (Å²) < 4.78 is 0. The minimum atomic E-state index is 0.170. The van der Waals surface area contributed by atoms with Gasteiger partial charge in [0.2, 0.25) is 5.91 Å². The zero-order chi connectivity index (χ0) is 11.1. The summed E-state index contributed by atoms with van der Waals surface area (Å²) in [5.41, 5.74) is 11.2. The van der Waals surface area contributed by atoms with Crippen molar-refractivity contribution in [3.8, 4) is 0 Å². The van der Waals surface area contributed by atoms with Gasteiger partial charge < -0.3 is 16.8 Å². The Bertz CT molecular complexity index is 188. The van der Waals surface area contributed by atoms with Crippen LogP contribution in [0, 0.1) is 0 Å². The van der Waals surface area contributed by atoms with Crippen LogP contribution >= 0.6 is 0 Å². The Balaban J connectivity index is 2.09. The van der Waals surface area contributed by atoms with Gasteiger partial charge in [0.1, 0.15) is 0 Å². The molecule has 0 aliphatic heterocycles. The molecule has 4 heteroatoms. The molecule has 0 bridgehead atoms. The maximum atomic E-state index is 11.5. The molecule has 1 rings (SSSR count). The molecule has 0 unspecified atom stereocenters. The standard InChI is InChI=1S/C11H23N3O/c12-8-2-1-3-11(15)14-10-6-4-9(13)5-7-10/h9-10H,1-8,12-13H2,(H,14,15). The second kappa shape index (κ2) is 6.80. The predicted octanol–water partition coefficient (Wildman–Crippen LogP) is 0.502. The van der Waals surface area contributed by atoms with E-state index in [9.17, 15) is 4.79 Å². The van der Waals surface area contributed by atoms with Gasteiger partial charge in [-0.3, -0.25) is 4.79 Å². The van der Waals surface area contributed by atoms with E-state index >= 15 is 0 Å². The average Bonchev–Trinajstić information content (AvgIpc) is 2.22. The Hall–Kier alpha value is -0.610. The molecule has 0 radical (unpaired) electrons. The minimum Gasteiger partial charge on any atom is -0.353 e. The molecule has 0 aromatic carbocycles. The number of hydrogen-bond donors (Lipinski definition) is 3. The van der Waals surface area contributed by atoms with Crippen LogP contribution in [0.25, 0.3) is 0 Å². The van der Waals surface area contributed by atoms with Gasteiger partial charge >= 0.3 is 0 Å². The van der Waals surface area contributed by atoms with Crippen LogP contribution < -0.4 is 16.8 Å². The lowest BCUT2D eigenvalue weighted by molar-refractivity contribution is -0.122. The van der Waals surface area contributed by atoms with Gasteiger partial charge in [0.15, 0.2) is 0 Å². The Morgan fingerprint density at radius 3 is 2.47 bits per heavy atom. The molecule has 1 aliphatic rings. The molecule has 5 N–H and O–H groups in total. The lowest BCUT2D eigenvalue weighted by Gasteiger charge is -2.26. The Morgan fingerprint density at radius 2 is 1.87 bits per heavy atom. The highest BCUT2D eigenvalue weighted by Gasteiger charge is 2.19. The maximum absolute atomic E-state index is 11.5. The third-order valence-electron chi connectivity index (χ3n) is 2.99. The lowest BCUT2D eigenvalue weighted by atomic mass is 9.92. The zero-order valence-corrected chi connectivity index (χ0v) is 9.37. The Kier molecular flexibility index (Phi) is 5.65. The monoisotopic (exact) mass is 213 g/mol. The van der Waals surface area contributed by atoms with Crippen molar-refractivity contribution in [2.75, 3.05) is 6.54 Å². The molecule has 1 fully saturated rings. The summed E-state index contributed by atoms with van der Waals surface area (Å²) in [7, 11) is 0. The first-order chi connectivity index (χ1) is 7.22. The van der Waals surface area contributed by atoms with Crippen LogP contribution in [0.15, 0.2) is 0 Å². The van der Waals surface area contributed by atoms with Crippen LogP contribution in [-0.2, 0) is 4.79 Å². The van der Waals surface area contributed by atoms with Crippen LogP contribution in [0.2, 0.25) is 0 Å². The first-order valence-electron chi connectivity index (χ1n) is 5.97. The SMILES string of the molecule is NCCCCC(=O)NC1CCC(N)CC1. The fourth-order valence-electron chi connectivity index (χ4n) is 1.99. The molecule has 0 spiro atoms. The molecular weight excluding hydrogens is 190 g/mol. The molecule has 0 aromatic heterocycles. The van der Waals surface area contributed by atoms with Crippen molar-refractivity contribution in [3.63, 3.8) is 0 Å². The molecule has 1 aliphatic carbocycles. The van der Waals surface area contributed by atoms with Crippen molar-refractivity contribution in [1.82, 2.24) is 5.32 Å². The van der Waals surface area contributed by atoms with Gasteiger partial charge in [0, 0.05) is 18.5 Å². The number of unbranched alkanes of at least 4 members (excludes halogenated alkanes) is 1. The molecule has 1 saturated carbocycles. The number of carbonyl (C=O) groups excluding carboxylic acids is 1. The number of carbonyl (C=O) groups is 1. The number of nitrogens with one attached hydrogen (secondary N) is 1. The summed E-state index contributed by atoms with van der Waals surface area (Å²) in [6, 6.07) is 0.700. The van der Waals surface area contributed by atoms with E-state index in [0.29, 0.717) is 25.0 Å². The summed E-state index contributed by atoms with van der Waals surface area (Å²) in [6.45, 7) is 0.672. The van der Waals surface area contributed by atoms with E-state index in [1.54, 1.807) is 0 Å². The van der Waals surface area contributed by atoms with E-state index in [2.05, 4.69) is 5.32 Å². The fraction of sp³-hybridized carbons (Fsp3) is 0.909. The molecule has 0 atom stereocenters. The number of amides is 1. The van der Waals surface area contributed by atoms with E-state index in [1.807, 2.05) is 0 Å². The highest BCUT2D eigenvalue weighted by atomic mass is 16.1. The molecule has 4 nitrogen and oxygen atoms in total. The van der Waals surface area contributed by atoms with E-state index in [0.717, 1.165) is 38.5 Å². The summed E-state index contributed by atoms with van der Waals surface area (Å²) in [6.07, 6.45) is 6.58. The van der Waals surface area contributed by atoms with Crippen molar-refractivity contribution in [2.45, 2.75) is 57.0 Å². The predicted molar refractivity (Wildman–Crippen MR) is 61.3 cm³/mol. The third kappa shape index (κ3) is 5.14. The van der Waals surface area contributed by atoms with Gasteiger partial charge in [-0.2, -0.15) is 0 Å². The summed E-state index contributed by atoms with van der Waals surface area (Å²) in [4.78, 5) is 11.5. The summed E-state index contributed by atoms with van der Waals surface area (Å²) in [5, 5.41) is 3.06. The number of hydrogen-bond acceptors (Lipinski definition) is 3. The maximum Gasteiger partial charge on any atom is 0.220 e. The van der Waals surface area contributed by atoms with Crippen LogP contribution in [0.4, 0.5) is 0 Å². The summed E-state index contributed by atoms with van der Waals surface area (Å²) in [5.74, 6) is 0.170. The van der Waals surface area contributed by atoms with Gasteiger partial charge in [-0.05, 0) is 45.1 Å². The first kappa shape index (κ1) is 12.5. The van der Waals surface area contributed by atoms with Gasteiger partial charge in [0.25, 0.3) is 0 Å². The van der Waals surface area contributed by atoms with Gasteiger partial charge in [0.05, 0.1) is 0 Å². The molecule has 15 heavy (non-hydrogen) atoms. The number of rotatable bonds is 5. The van der Waals surface area contributed by atoms with E-state index in [-0.39, 0.29) is 5.91 Å². The Morgan fingerprint density at radius 1 is 1.20 bits per heavy atom. The van der Waals surface area contributed by atoms with Crippen molar-refractivity contribution < 1.29 is 4.79 Å². The summed E-state index contributed by atoms with van der Waals surface area (Å²) >= 11 is 0. The van der Waals surface area contributed by atoms with Crippen molar-refractivity contribution in [1.29, 1.82) is 0 Å². The van der Waals surface area contributed by atoms with E-state index in [1.165, 1.54) is 0 Å². The largest absolute Gasteiger partial charge is 0.353 e. The highest BCUT2D eigenvalue weighted by Crippen LogP contribution is 2.16. The van der Waals surface area contributed by atoms with Crippen molar-refractivity contribution in [3.05, 3.63) is 0 Å². The Labute approximate surface area is 91.8 Å². The average molecular weight is 213 g/mol. The van der Waals surface area contributed by atoms with Crippen LogP contribution in [0.1, 0.15) is 44.9 Å². The van der Waals surface area contributed by atoms with Gasteiger partial charge in [-0.25, -0.2) is 0 Å². The molecular formula is C11H23N3O. The van der Waals surface area contributed by atoms with E-state index in [4.69, 9.17) is 11.5 Å². The van der Waals surface area contributed by atoms with Crippen molar-refractivity contribution >= 4 is 5.91 Å². The molecule has 0 heterocycles. The molecule has 88 valence electrons. The van der Waals surface area contributed by atoms with Gasteiger partial charge in [-0.1, -0.05) is 0 Å². The van der Waals surface area contributed by atoms with Crippen LogP contribution in [0.3, 0.4) is 0 Å². The molecule has 0 aromatic rings. The minimum absolute atomic E-state index is 0.170. The highest BCUT2D eigenvalue weighted by molar-refractivity contribution is 5.76. The van der Waals surface area contributed by atoms with E-state index < -0.39 is 0 Å². The fourth-order valence-corrected chi connectivity index (χ4v) is 1.99. The van der Waals surface area contributed by atoms with Crippen molar-refractivity contribution in [2.24, 2.45) is 11.5 Å². The van der Waals surface area contributed by atoms with Crippen LogP contribution in [0.5, 0.6) is 0 Å². The van der Waals surface area contributed by atoms with Gasteiger partial charge in [-0.15, -0.1) is 0 Å². The first-order valence-corrected chi connectivity index (χ1v) is 5.97. The lowest BCUT2D eigenvalue weighted by Crippen LogP contribution is -2.40. The number of nitrogens with two attached hydrogens (primary N) is 2. The zero-order valence-electron chi connectivity index (χ0n) is 9.37. The second-order valence-corrected chi connectivity index (χ2v) is 4.42. The molecule has 1 amide bonds. The smallest absolute Gasteiger partial charge is 0.220 e.